The highest BCUT2D eigenvalue weighted by atomic mass is 79.9. The summed E-state index contributed by atoms with van der Waals surface area (Å²) < 4.78 is 11.8. The zero-order valence-corrected chi connectivity index (χ0v) is 16.4. The molecule has 0 aromatic heterocycles. The summed E-state index contributed by atoms with van der Waals surface area (Å²) in [5.74, 6) is 2.20. The van der Waals surface area contributed by atoms with E-state index in [-0.39, 0.29) is 11.4 Å². The molecule has 1 fully saturated rings. The zero-order valence-electron chi connectivity index (χ0n) is 14.0. The van der Waals surface area contributed by atoms with Gasteiger partial charge in [0.2, 0.25) is 0 Å². The number of ether oxygens (including phenoxy) is 2. The highest BCUT2D eigenvalue weighted by molar-refractivity contribution is 9.10. The van der Waals surface area contributed by atoms with E-state index < -0.39 is 0 Å². The van der Waals surface area contributed by atoms with Gasteiger partial charge in [0.05, 0.1) is 19.9 Å². The summed E-state index contributed by atoms with van der Waals surface area (Å²) in [7, 11) is 3.23. The Labute approximate surface area is 159 Å². The fourth-order valence-corrected chi connectivity index (χ4v) is 4.45. The number of nitrogens with zero attached hydrogens (tertiary/aromatic N) is 1. The predicted octanol–water partition coefficient (Wildman–Crippen LogP) is 4.75. The van der Waals surface area contributed by atoms with Gasteiger partial charge in [0, 0.05) is 22.3 Å². The molecule has 0 radical (unpaired) electrons. The molecule has 1 unspecified atom stereocenters. The van der Waals surface area contributed by atoms with E-state index in [1.54, 1.807) is 26.0 Å². The summed E-state index contributed by atoms with van der Waals surface area (Å²) in [5.41, 5.74) is 1.69. The zero-order chi connectivity index (χ0) is 17.8. The van der Waals surface area contributed by atoms with E-state index in [4.69, 9.17) is 9.47 Å². The maximum atomic E-state index is 12.8. The number of amides is 2. The molecule has 1 aliphatic heterocycles. The van der Waals surface area contributed by atoms with Crippen LogP contribution in [0.25, 0.3) is 0 Å². The fourth-order valence-electron chi connectivity index (χ4n) is 2.79. The largest absolute Gasteiger partial charge is 0.493 e. The molecule has 2 amide bonds. The lowest BCUT2D eigenvalue weighted by molar-refractivity contribution is 0.213. The van der Waals surface area contributed by atoms with Gasteiger partial charge < -0.3 is 19.7 Å². The molecular weight excluding hydrogens is 404 g/mol. The second-order valence-electron chi connectivity index (χ2n) is 5.41. The Morgan fingerprint density at radius 3 is 2.72 bits per heavy atom. The van der Waals surface area contributed by atoms with Crippen LogP contribution in [-0.4, -0.2) is 37.4 Å². The van der Waals surface area contributed by atoms with Crippen molar-refractivity contribution in [2.24, 2.45) is 0 Å². The monoisotopic (exact) mass is 422 g/mol. The molecule has 1 aliphatic rings. The number of carbonyl (C=O) groups excluding carboxylic acids is 1. The number of benzene rings is 2. The molecule has 1 N–H and O–H groups in total. The van der Waals surface area contributed by atoms with Crippen molar-refractivity contribution in [3.8, 4) is 11.5 Å². The average molecular weight is 423 g/mol. The van der Waals surface area contributed by atoms with Crippen LogP contribution in [0.5, 0.6) is 11.5 Å². The molecule has 25 heavy (non-hydrogen) atoms. The Kier molecular flexibility index (Phi) is 5.75. The Morgan fingerprint density at radius 2 is 2.00 bits per heavy atom. The van der Waals surface area contributed by atoms with E-state index in [1.807, 2.05) is 47.4 Å². The first kappa shape index (κ1) is 17.9. The quantitative estimate of drug-likeness (QED) is 0.772. The van der Waals surface area contributed by atoms with Crippen molar-refractivity contribution in [2.75, 3.05) is 31.8 Å². The van der Waals surface area contributed by atoms with Crippen molar-refractivity contribution in [1.82, 2.24) is 4.90 Å². The van der Waals surface area contributed by atoms with Gasteiger partial charge in [-0.1, -0.05) is 24.3 Å². The normalized spacial score (nSPS) is 16.6. The van der Waals surface area contributed by atoms with E-state index in [0.717, 1.165) is 21.5 Å². The highest BCUT2D eigenvalue weighted by Crippen LogP contribution is 2.45. The van der Waals surface area contributed by atoms with Crippen molar-refractivity contribution >= 4 is 39.4 Å². The molecule has 1 saturated heterocycles. The summed E-state index contributed by atoms with van der Waals surface area (Å²) in [4.78, 5) is 14.6. The van der Waals surface area contributed by atoms with E-state index in [1.165, 1.54) is 0 Å². The lowest BCUT2D eigenvalue weighted by Crippen LogP contribution is -2.34. The first-order chi connectivity index (χ1) is 12.2. The standard InChI is InChI=1S/C18H19BrN2O3S/c1-23-15-9-5-6-12(16(15)24-2)17-21(10-11-25-17)18(22)20-14-8-4-3-7-13(14)19/h3-9,17H,10-11H2,1-2H3,(H,20,22). The van der Waals surface area contributed by atoms with Gasteiger partial charge in [-0.25, -0.2) is 4.79 Å². The smallest absolute Gasteiger partial charge is 0.323 e. The Bertz CT molecular complexity index is 772. The van der Waals surface area contributed by atoms with Crippen molar-refractivity contribution < 1.29 is 14.3 Å². The summed E-state index contributed by atoms with van der Waals surface area (Å²) in [6.45, 7) is 0.673. The number of para-hydroxylation sites is 2. The summed E-state index contributed by atoms with van der Waals surface area (Å²) >= 11 is 5.17. The van der Waals surface area contributed by atoms with Gasteiger partial charge in [0.1, 0.15) is 5.37 Å². The lowest BCUT2D eigenvalue weighted by atomic mass is 10.1. The van der Waals surface area contributed by atoms with Crippen LogP contribution < -0.4 is 14.8 Å². The molecule has 3 rings (SSSR count). The number of urea groups is 1. The molecule has 2 aromatic carbocycles. The highest BCUT2D eigenvalue weighted by Gasteiger charge is 2.33. The minimum Gasteiger partial charge on any atom is -0.493 e. The lowest BCUT2D eigenvalue weighted by Gasteiger charge is -2.26. The summed E-state index contributed by atoms with van der Waals surface area (Å²) in [6.07, 6.45) is 0. The first-order valence-corrected chi connectivity index (χ1v) is 9.64. The topological polar surface area (TPSA) is 50.8 Å². The number of methoxy groups -OCH3 is 2. The fraction of sp³-hybridized carbons (Fsp3) is 0.278. The van der Waals surface area contributed by atoms with Crippen LogP contribution in [0.1, 0.15) is 10.9 Å². The Morgan fingerprint density at radius 1 is 1.20 bits per heavy atom. The summed E-state index contributed by atoms with van der Waals surface area (Å²) in [5, 5.41) is 2.85. The molecule has 132 valence electrons. The van der Waals surface area contributed by atoms with Crippen LogP contribution in [0.2, 0.25) is 0 Å². The molecule has 1 atom stereocenters. The Hall–Kier alpha value is -1.86. The van der Waals surface area contributed by atoms with Gasteiger partial charge in [-0.2, -0.15) is 0 Å². The minimum atomic E-state index is -0.133. The van der Waals surface area contributed by atoms with Crippen LogP contribution in [0, 0.1) is 0 Å². The van der Waals surface area contributed by atoms with Gasteiger partial charge in [-0.3, -0.25) is 0 Å². The third-order valence-corrected chi connectivity index (χ3v) is 5.90. The van der Waals surface area contributed by atoms with Crippen LogP contribution in [-0.2, 0) is 0 Å². The molecule has 0 saturated carbocycles. The maximum Gasteiger partial charge on any atom is 0.323 e. The van der Waals surface area contributed by atoms with Gasteiger partial charge in [-0.05, 0) is 34.1 Å². The van der Waals surface area contributed by atoms with E-state index in [0.29, 0.717) is 18.0 Å². The number of halogens is 1. The van der Waals surface area contributed by atoms with E-state index >= 15 is 0 Å². The predicted molar refractivity (Wildman–Crippen MR) is 105 cm³/mol. The molecule has 7 heteroatoms. The van der Waals surface area contributed by atoms with Gasteiger partial charge >= 0.3 is 6.03 Å². The minimum absolute atomic E-state index is 0.118. The van der Waals surface area contributed by atoms with Crippen molar-refractivity contribution in [2.45, 2.75) is 5.37 Å². The van der Waals surface area contributed by atoms with Crippen LogP contribution >= 0.6 is 27.7 Å². The molecule has 5 nitrogen and oxygen atoms in total. The van der Waals surface area contributed by atoms with Gasteiger partial charge in [-0.15, -0.1) is 11.8 Å². The van der Waals surface area contributed by atoms with Gasteiger partial charge in [0.15, 0.2) is 11.5 Å². The number of hydrogen-bond acceptors (Lipinski definition) is 4. The SMILES string of the molecule is COc1cccc(C2SCCN2C(=O)Nc2ccccc2Br)c1OC. The van der Waals surface area contributed by atoms with Crippen molar-refractivity contribution in [3.63, 3.8) is 0 Å². The molecule has 0 spiro atoms. The molecule has 1 heterocycles. The third kappa shape index (κ3) is 3.72. The van der Waals surface area contributed by atoms with Crippen LogP contribution in [0.4, 0.5) is 10.5 Å². The van der Waals surface area contributed by atoms with Crippen LogP contribution in [0.3, 0.4) is 0 Å². The molecule has 0 aliphatic carbocycles. The number of rotatable bonds is 4. The van der Waals surface area contributed by atoms with Crippen LogP contribution in [0.15, 0.2) is 46.9 Å². The maximum absolute atomic E-state index is 12.8. The van der Waals surface area contributed by atoms with Crippen molar-refractivity contribution in [1.29, 1.82) is 0 Å². The molecule has 2 aromatic rings. The van der Waals surface area contributed by atoms with Crippen molar-refractivity contribution in [3.05, 3.63) is 52.5 Å². The number of hydrogen-bond donors (Lipinski definition) is 1. The molecule has 0 bridgehead atoms. The number of carbonyl (C=O) groups is 1. The Balaban J connectivity index is 1.86. The number of anilines is 1. The average Bonchev–Trinajstić information content (AvgIpc) is 3.12. The number of thioether (sulfide) groups is 1. The van der Waals surface area contributed by atoms with Gasteiger partial charge in [0.25, 0.3) is 0 Å². The second-order valence-corrected chi connectivity index (χ2v) is 7.45. The molecular formula is C18H19BrN2O3S. The van der Waals surface area contributed by atoms with E-state index in [2.05, 4.69) is 21.2 Å². The van der Waals surface area contributed by atoms with E-state index in [9.17, 15) is 4.79 Å². The number of nitrogens with one attached hydrogen (secondary N) is 1. The first-order valence-electron chi connectivity index (χ1n) is 7.80. The third-order valence-electron chi connectivity index (χ3n) is 3.97. The summed E-state index contributed by atoms with van der Waals surface area (Å²) in [6, 6.07) is 13.2. The second kappa shape index (κ2) is 8.01.